The quantitative estimate of drug-likeness (QED) is 0.304. The molecule has 1 aliphatic rings. The first-order valence-corrected chi connectivity index (χ1v) is 9.04. The van der Waals surface area contributed by atoms with Crippen LogP contribution in [0.1, 0.15) is 38.5 Å². The molecule has 1 heterocycles. The Morgan fingerprint density at radius 3 is 1.29 bits per heavy atom. The summed E-state index contributed by atoms with van der Waals surface area (Å²) in [6.45, 7) is -0.284. The van der Waals surface area contributed by atoms with E-state index in [1.165, 1.54) is 10.0 Å². The van der Waals surface area contributed by atoms with E-state index >= 15 is 0 Å². The first kappa shape index (κ1) is 23.8. The van der Waals surface area contributed by atoms with Gasteiger partial charge in [-0.2, -0.15) is 11.1 Å². The van der Waals surface area contributed by atoms with E-state index in [-0.39, 0.29) is 50.9 Å². The van der Waals surface area contributed by atoms with Gasteiger partial charge in [0, 0.05) is 25.9 Å². The van der Waals surface area contributed by atoms with E-state index in [4.69, 9.17) is 20.4 Å². The second-order valence-electron chi connectivity index (χ2n) is 6.94. The van der Waals surface area contributed by atoms with Gasteiger partial charge in [0.1, 0.15) is 13.1 Å². The summed E-state index contributed by atoms with van der Waals surface area (Å²) in [4.78, 5) is 44.3. The standard InChI is InChI=1S/C16H28N4O8/c21-13(22)7-11-1-2-12(8-14(23)24)4-6-20(10-16(27)28)18-17-19(5-3-11)9-15(25)26/h11-12,17-18H,1-10H2,(H,21,22)(H,23,24)(H,25,26)(H,27,28). The molecule has 0 aromatic rings. The van der Waals surface area contributed by atoms with Crippen molar-refractivity contribution in [3.8, 4) is 0 Å². The first-order chi connectivity index (χ1) is 13.2. The van der Waals surface area contributed by atoms with Gasteiger partial charge in [-0.3, -0.25) is 19.2 Å². The lowest BCUT2D eigenvalue weighted by atomic mass is 9.88. The minimum Gasteiger partial charge on any atom is -0.481 e. The van der Waals surface area contributed by atoms with Crippen molar-refractivity contribution in [2.75, 3.05) is 26.2 Å². The Morgan fingerprint density at radius 1 is 0.643 bits per heavy atom. The Labute approximate surface area is 162 Å². The summed E-state index contributed by atoms with van der Waals surface area (Å²) in [5.41, 5.74) is 5.31. The van der Waals surface area contributed by atoms with Crippen molar-refractivity contribution in [2.45, 2.75) is 38.5 Å². The summed E-state index contributed by atoms with van der Waals surface area (Å²) in [5, 5.41) is 38.9. The molecule has 0 saturated carbocycles. The van der Waals surface area contributed by atoms with Crippen LogP contribution >= 0.6 is 0 Å². The van der Waals surface area contributed by atoms with Crippen molar-refractivity contribution in [1.29, 1.82) is 0 Å². The lowest BCUT2D eigenvalue weighted by Crippen LogP contribution is -2.57. The highest BCUT2D eigenvalue weighted by Gasteiger charge is 2.23. The summed E-state index contributed by atoms with van der Waals surface area (Å²) in [7, 11) is 0. The lowest BCUT2D eigenvalue weighted by molar-refractivity contribution is -0.143. The molecule has 0 spiro atoms. The summed E-state index contributed by atoms with van der Waals surface area (Å²) < 4.78 is 0. The van der Waals surface area contributed by atoms with Crippen molar-refractivity contribution in [1.82, 2.24) is 21.1 Å². The zero-order chi connectivity index (χ0) is 21.1. The maximum absolute atomic E-state index is 11.1. The molecular formula is C16H28N4O8. The van der Waals surface area contributed by atoms with E-state index < -0.39 is 23.9 Å². The first-order valence-electron chi connectivity index (χ1n) is 9.04. The summed E-state index contributed by atoms with van der Waals surface area (Å²) in [6.07, 6.45) is 1.62. The molecule has 0 aliphatic carbocycles. The van der Waals surface area contributed by atoms with E-state index in [2.05, 4.69) is 11.1 Å². The van der Waals surface area contributed by atoms with Gasteiger partial charge in [0.2, 0.25) is 0 Å². The molecule has 2 unspecified atom stereocenters. The molecule has 0 radical (unpaired) electrons. The third-order valence-corrected chi connectivity index (χ3v) is 4.54. The van der Waals surface area contributed by atoms with Crippen molar-refractivity contribution in [2.24, 2.45) is 11.8 Å². The minimum absolute atomic E-state index is 0.0841. The van der Waals surface area contributed by atoms with Gasteiger partial charge in [0.25, 0.3) is 0 Å². The second kappa shape index (κ2) is 12.2. The van der Waals surface area contributed by atoms with Crippen LogP contribution in [0.25, 0.3) is 0 Å². The number of carbonyl (C=O) groups is 4. The van der Waals surface area contributed by atoms with Crippen molar-refractivity contribution >= 4 is 23.9 Å². The number of rotatable bonds is 8. The SMILES string of the molecule is O=C(O)CC1CCC(CC(=O)O)CCN(CC(=O)O)NNN(CC(=O)O)CC1. The number of carboxylic acids is 4. The monoisotopic (exact) mass is 404 g/mol. The maximum Gasteiger partial charge on any atom is 0.319 e. The predicted octanol–water partition coefficient (Wildman–Crippen LogP) is -0.560. The molecule has 28 heavy (non-hydrogen) atoms. The van der Waals surface area contributed by atoms with Crippen LogP contribution in [0.2, 0.25) is 0 Å². The predicted molar refractivity (Wildman–Crippen MR) is 94.6 cm³/mol. The van der Waals surface area contributed by atoms with Gasteiger partial charge in [0.15, 0.2) is 0 Å². The fourth-order valence-electron chi connectivity index (χ4n) is 3.16. The zero-order valence-electron chi connectivity index (χ0n) is 15.5. The van der Waals surface area contributed by atoms with E-state index in [0.29, 0.717) is 25.7 Å². The Balaban J connectivity index is 2.90. The Hall–Kier alpha value is -2.28. The lowest BCUT2D eigenvalue weighted by Gasteiger charge is -2.31. The highest BCUT2D eigenvalue weighted by molar-refractivity contribution is 5.69. The van der Waals surface area contributed by atoms with Crippen LogP contribution in [-0.4, -0.2) is 80.5 Å². The molecule has 1 rings (SSSR count). The average molecular weight is 404 g/mol. The molecule has 0 amide bonds. The molecule has 2 atom stereocenters. The van der Waals surface area contributed by atoms with E-state index in [1.807, 2.05) is 0 Å². The largest absolute Gasteiger partial charge is 0.481 e. The average Bonchev–Trinajstić information content (AvgIpc) is 2.55. The van der Waals surface area contributed by atoms with Crippen LogP contribution in [0.4, 0.5) is 0 Å². The Bertz CT molecular complexity index is 447. The van der Waals surface area contributed by atoms with Gasteiger partial charge in [-0.25, -0.2) is 10.0 Å². The normalized spacial score (nSPS) is 23.3. The van der Waals surface area contributed by atoms with Gasteiger partial charge >= 0.3 is 23.9 Å². The van der Waals surface area contributed by atoms with Crippen LogP contribution in [0.15, 0.2) is 0 Å². The van der Waals surface area contributed by atoms with Gasteiger partial charge in [-0.05, 0) is 37.5 Å². The maximum atomic E-state index is 11.1. The third-order valence-electron chi connectivity index (χ3n) is 4.54. The molecule has 6 N–H and O–H groups in total. The molecule has 160 valence electrons. The van der Waals surface area contributed by atoms with Crippen LogP contribution < -0.4 is 11.1 Å². The fraction of sp³-hybridized carbons (Fsp3) is 0.750. The van der Waals surface area contributed by atoms with Crippen LogP contribution in [0, 0.1) is 11.8 Å². The van der Waals surface area contributed by atoms with Crippen molar-refractivity contribution < 1.29 is 39.6 Å². The van der Waals surface area contributed by atoms with Gasteiger partial charge in [-0.1, -0.05) is 0 Å². The van der Waals surface area contributed by atoms with Crippen LogP contribution in [-0.2, 0) is 19.2 Å². The number of hydrazine groups is 3. The molecule has 12 heteroatoms. The Morgan fingerprint density at radius 2 is 1.00 bits per heavy atom. The fourth-order valence-corrected chi connectivity index (χ4v) is 3.16. The summed E-state index contributed by atoms with van der Waals surface area (Å²) >= 11 is 0. The van der Waals surface area contributed by atoms with E-state index in [9.17, 15) is 19.2 Å². The van der Waals surface area contributed by atoms with Crippen LogP contribution in [0.5, 0.6) is 0 Å². The number of carboxylic acid groups (broad SMARTS) is 4. The van der Waals surface area contributed by atoms with E-state index in [0.717, 1.165) is 0 Å². The number of hydrogen-bond donors (Lipinski definition) is 6. The minimum atomic E-state index is -1.09. The van der Waals surface area contributed by atoms with Gasteiger partial charge in [-0.15, -0.1) is 0 Å². The van der Waals surface area contributed by atoms with Crippen LogP contribution in [0.3, 0.4) is 0 Å². The molecule has 1 saturated heterocycles. The highest BCUT2D eigenvalue weighted by Crippen LogP contribution is 2.24. The molecule has 0 bridgehead atoms. The molecule has 1 fully saturated rings. The molecule has 0 aromatic carbocycles. The summed E-state index contributed by atoms with van der Waals surface area (Å²) in [5.74, 6) is -4.56. The summed E-state index contributed by atoms with van der Waals surface area (Å²) in [6, 6.07) is 0. The number of nitrogens with one attached hydrogen (secondary N) is 2. The molecule has 0 aromatic heterocycles. The topological polar surface area (TPSA) is 180 Å². The smallest absolute Gasteiger partial charge is 0.319 e. The molecule has 1 aliphatic heterocycles. The zero-order valence-corrected chi connectivity index (χ0v) is 15.5. The van der Waals surface area contributed by atoms with Crippen molar-refractivity contribution in [3.05, 3.63) is 0 Å². The number of nitrogens with zero attached hydrogens (tertiary/aromatic N) is 2. The molecular weight excluding hydrogens is 376 g/mol. The molecule has 12 nitrogen and oxygen atoms in total. The highest BCUT2D eigenvalue weighted by atomic mass is 16.4. The second-order valence-corrected chi connectivity index (χ2v) is 6.94. The van der Waals surface area contributed by atoms with Gasteiger partial charge < -0.3 is 20.4 Å². The van der Waals surface area contributed by atoms with E-state index in [1.54, 1.807) is 0 Å². The third kappa shape index (κ3) is 10.8. The number of aliphatic carboxylic acids is 4. The van der Waals surface area contributed by atoms with Gasteiger partial charge in [0.05, 0.1) is 0 Å². The van der Waals surface area contributed by atoms with Crippen molar-refractivity contribution in [3.63, 3.8) is 0 Å². The Kier molecular flexibility index (Phi) is 10.4. The number of hydrogen-bond acceptors (Lipinski definition) is 8.